The second-order valence-corrected chi connectivity index (χ2v) is 17.6. The molecule has 5 aliphatic rings. The highest BCUT2D eigenvalue weighted by Gasteiger charge is 2.78. The van der Waals surface area contributed by atoms with Crippen LogP contribution < -0.4 is 4.74 Å². The zero-order chi connectivity index (χ0) is 26.4. The van der Waals surface area contributed by atoms with Gasteiger partial charge in [0, 0.05) is 48.3 Å². The van der Waals surface area contributed by atoms with Crippen molar-refractivity contribution in [1.29, 1.82) is 0 Å². The minimum Gasteiger partial charge on any atom is -0.547 e. The summed E-state index contributed by atoms with van der Waals surface area (Å²) in [7, 11) is -0.261. The van der Waals surface area contributed by atoms with Crippen LogP contribution in [0.3, 0.4) is 0 Å². The van der Waals surface area contributed by atoms with Crippen LogP contribution in [0.5, 0.6) is 5.75 Å². The zero-order valence-corrected chi connectivity index (χ0v) is 24.1. The zero-order valence-electron chi connectivity index (χ0n) is 23.1. The number of carbonyl (C=O) groups excluding carboxylic acids is 2. The number of rotatable bonds is 5. The molecule has 0 radical (unpaired) electrons. The summed E-state index contributed by atoms with van der Waals surface area (Å²) >= 11 is 0. The van der Waals surface area contributed by atoms with Gasteiger partial charge in [0.05, 0.1) is 12.9 Å². The maximum atomic E-state index is 13.8. The van der Waals surface area contributed by atoms with Crippen molar-refractivity contribution in [3.63, 3.8) is 0 Å². The van der Waals surface area contributed by atoms with Gasteiger partial charge in [0.25, 0.3) is 0 Å². The molecule has 0 aromatic heterocycles. The Morgan fingerprint density at radius 3 is 2.38 bits per heavy atom. The number of ketones is 1. The highest BCUT2D eigenvalue weighted by Crippen LogP contribution is 2.81. The van der Waals surface area contributed by atoms with Crippen LogP contribution in [-0.4, -0.2) is 33.3 Å². The summed E-state index contributed by atoms with van der Waals surface area (Å²) in [6.45, 7) is 10.6. The highest BCUT2D eigenvalue weighted by molar-refractivity contribution is 6.70. The Labute approximate surface area is 221 Å². The van der Waals surface area contributed by atoms with Crippen molar-refractivity contribution in [2.45, 2.75) is 83.5 Å². The molecule has 5 aliphatic carbocycles. The fraction of sp³-hybridized carbons (Fsp3) is 0.613. The van der Waals surface area contributed by atoms with E-state index in [1.54, 1.807) is 7.11 Å². The van der Waals surface area contributed by atoms with Crippen molar-refractivity contribution >= 4 is 20.1 Å². The Kier molecular flexibility index (Phi) is 5.45. The van der Waals surface area contributed by atoms with Gasteiger partial charge in [0.1, 0.15) is 17.6 Å². The van der Waals surface area contributed by atoms with Gasteiger partial charge in [-0.1, -0.05) is 44.1 Å². The lowest BCUT2D eigenvalue weighted by Crippen LogP contribution is -2.47. The normalized spacial score (nSPS) is 39.8. The summed E-state index contributed by atoms with van der Waals surface area (Å²) in [4.78, 5) is 25.8. The van der Waals surface area contributed by atoms with E-state index in [-0.39, 0.29) is 51.9 Å². The molecule has 0 spiro atoms. The molecule has 0 N–H and O–H groups in total. The molecule has 3 fully saturated rings. The number of methoxy groups -OCH3 is 1. The number of hydrogen-bond acceptors (Lipinski definition) is 5. The Hall–Kier alpha value is -2.34. The SMILES string of the molecule is COc1ccc([C@@]23C=C[C@]4(CCCC[C@]24C)[C@@H]2C3=C(O[Si](C)(C)C)C[C@H]3C(OC(C)=O)CC(=O)[C@@H]23)cc1. The van der Waals surface area contributed by atoms with Crippen molar-refractivity contribution in [1.82, 2.24) is 0 Å². The first kappa shape index (κ1) is 25.0. The molecule has 6 heteroatoms. The average Bonchev–Trinajstić information content (AvgIpc) is 3.36. The molecule has 3 saturated carbocycles. The lowest BCUT2D eigenvalue weighted by molar-refractivity contribution is -0.149. The van der Waals surface area contributed by atoms with Crippen LogP contribution in [0.15, 0.2) is 47.7 Å². The summed E-state index contributed by atoms with van der Waals surface area (Å²) in [5.74, 6) is 1.83. The van der Waals surface area contributed by atoms with Gasteiger partial charge in [-0.2, -0.15) is 0 Å². The van der Waals surface area contributed by atoms with Crippen LogP contribution in [-0.2, 0) is 24.2 Å². The number of fused-ring (bicyclic) bond motifs is 4. The van der Waals surface area contributed by atoms with Crippen molar-refractivity contribution < 1.29 is 23.5 Å². The average molecular weight is 521 g/mol. The number of Topliss-reactive ketones (excluding diaryl/α,β-unsaturated/α-hetero) is 1. The molecular formula is C31H40O5Si. The van der Waals surface area contributed by atoms with E-state index in [2.05, 4.69) is 63.0 Å². The molecule has 37 heavy (non-hydrogen) atoms. The fourth-order valence-corrected chi connectivity index (χ4v) is 10.2. The molecule has 0 aliphatic heterocycles. The van der Waals surface area contributed by atoms with E-state index in [1.807, 2.05) is 0 Å². The summed E-state index contributed by atoms with van der Waals surface area (Å²) in [5.41, 5.74) is 2.16. The quantitative estimate of drug-likeness (QED) is 0.257. The maximum Gasteiger partial charge on any atom is 0.302 e. The van der Waals surface area contributed by atoms with Gasteiger partial charge in [-0.3, -0.25) is 9.59 Å². The Bertz CT molecular complexity index is 1210. The molecule has 1 unspecified atom stereocenters. The molecule has 5 nitrogen and oxygen atoms in total. The first-order valence-electron chi connectivity index (χ1n) is 13.9. The van der Waals surface area contributed by atoms with Gasteiger partial charge in [0.2, 0.25) is 8.32 Å². The first-order valence-corrected chi connectivity index (χ1v) is 17.4. The molecular weight excluding hydrogens is 480 g/mol. The fourth-order valence-electron chi connectivity index (χ4n) is 9.28. The molecule has 198 valence electrons. The van der Waals surface area contributed by atoms with Crippen LogP contribution in [0, 0.1) is 28.6 Å². The van der Waals surface area contributed by atoms with Crippen molar-refractivity contribution in [2.75, 3.05) is 7.11 Å². The number of esters is 1. The lowest BCUT2D eigenvalue weighted by Gasteiger charge is -2.51. The molecule has 6 rings (SSSR count). The predicted octanol–water partition coefficient (Wildman–Crippen LogP) is 6.35. The van der Waals surface area contributed by atoms with E-state index < -0.39 is 8.32 Å². The predicted molar refractivity (Wildman–Crippen MR) is 145 cm³/mol. The summed E-state index contributed by atoms with van der Waals surface area (Å²) in [6, 6.07) is 8.59. The minimum absolute atomic E-state index is 0.0160. The Morgan fingerprint density at radius 1 is 1.03 bits per heavy atom. The molecule has 0 saturated heterocycles. The smallest absolute Gasteiger partial charge is 0.302 e. The molecule has 2 bridgehead atoms. The summed E-state index contributed by atoms with van der Waals surface area (Å²) in [5, 5.41) is 0. The number of allylic oxidation sites excluding steroid dienone is 4. The van der Waals surface area contributed by atoms with Crippen molar-refractivity contribution in [2.24, 2.45) is 28.6 Å². The summed E-state index contributed by atoms with van der Waals surface area (Å²) in [6.07, 6.45) is 10.2. The number of hydrogen-bond donors (Lipinski definition) is 0. The van der Waals surface area contributed by atoms with E-state index in [0.717, 1.165) is 24.4 Å². The van der Waals surface area contributed by atoms with E-state index in [9.17, 15) is 9.59 Å². The molecule has 7 atom stereocenters. The maximum absolute atomic E-state index is 13.8. The van der Waals surface area contributed by atoms with Crippen LogP contribution in [0.2, 0.25) is 19.6 Å². The monoisotopic (exact) mass is 520 g/mol. The van der Waals surface area contributed by atoms with Crippen molar-refractivity contribution in [3.05, 3.63) is 53.3 Å². The van der Waals surface area contributed by atoms with Crippen LogP contribution >= 0.6 is 0 Å². The molecule has 1 aromatic rings. The molecule has 0 amide bonds. The first-order chi connectivity index (χ1) is 17.5. The largest absolute Gasteiger partial charge is 0.547 e. The van der Waals surface area contributed by atoms with E-state index in [4.69, 9.17) is 13.9 Å². The third kappa shape index (κ3) is 3.20. The third-order valence-corrected chi connectivity index (χ3v) is 11.3. The Morgan fingerprint density at radius 2 is 1.73 bits per heavy atom. The number of ether oxygens (including phenoxy) is 2. The van der Waals surface area contributed by atoms with Gasteiger partial charge < -0.3 is 13.9 Å². The van der Waals surface area contributed by atoms with Gasteiger partial charge >= 0.3 is 5.97 Å². The van der Waals surface area contributed by atoms with Crippen LogP contribution in [0.25, 0.3) is 0 Å². The van der Waals surface area contributed by atoms with Crippen LogP contribution in [0.4, 0.5) is 0 Å². The Balaban J connectivity index is 1.62. The number of carbonyl (C=O) groups is 2. The van der Waals surface area contributed by atoms with Crippen molar-refractivity contribution in [3.8, 4) is 5.75 Å². The second kappa shape index (κ2) is 8.08. The van der Waals surface area contributed by atoms with Crippen LogP contribution in [0.1, 0.15) is 57.9 Å². The summed E-state index contributed by atoms with van der Waals surface area (Å²) < 4.78 is 18.3. The topological polar surface area (TPSA) is 61.8 Å². The standard InChI is InChI=1S/C31H40O5Si/c1-19(32)35-24-18-23(33)26-22(24)17-25(36-37(4,5)6)27-28(26)30-14-8-7-13-29(30,2)31(27,16-15-30)20-9-11-21(34-3)12-10-20/h9-12,15-16,22,24,26,28H,7-8,13-14,17-18H2,1-6H3/t22-,24?,26-,28-,29-,30+,31+/m0/s1. The van der Waals surface area contributed by atoms with Gasteiger partial charge in [0.15, 0.2) is 0 Å². The van der Waals surface area contributed by atoms with E-state index in [0.29, 0.717) is 12.8 Å². The van der Waals surface area contributed by atoms with Gasteiger partial charge in [-0.05, 0) is 61.2 Å². The lowest BCUT2D eigenvalue weighted by atomic mass is 9.52. The third-order valence-electron chi connectivity index (χ3n) is 10.4. The molecule has 0 heterocycles. The molecule has 1 aromatic carbocycles. The van der Waals surface area contributed by atoms with Gasteiger partial charge in [-0.25, -0.2) is 0 Å². The number of benzene rings is 1. The minimum atomic E-state index is -1.97. The van der Waals surface area contributed by atoms with Gasteiger partial charge in [-0.15, -0.1) is 0 Å². The second-order valence-electron chi connectivity index (χ2n) is 13.2. The van der Waals surface area contributed by atoms with E-state index >= 15 is 0 Å². The highest BCUT2D eigenvalue weighted by atomic mass is 28.4. The van der Waals surface area contributed by atoms with E-state index in [1.165, 1.54) is 30.9 Å².